The SMILES string of the molecule is CC(Nc1nc(Cl)cc(N2CC(CO)C2)n1)c1ccc(F)cc1. The quantitative estimate of drug-likeness (QED) is 0.822. The van der Waals surface area contributed by atoms with Crippen molar-refractivity contribution in [1.29, 1.82) is 0 Å². The molecule has 1 unspecified atom stereocenters. The molecule has 23 heavy (non-hydrogen) atoms. The number of hydrogen-bond donors (Lipinski definition) is 2. The first-order valence-electron chi connectivity index (χ1n) is 7.47. The molecule has 1 aliphatic heterocycles. The van der Waals surface area contributed by atoms with Gasteiger partial charge >= 0.3 is 0 Å². The van der Waals surface area contributed by atoms with Gasteiger partial charge in [0.25, 0.3) is 0 Å². The third kappa shape index (κ3) is 3.71. The van der Waals surface area contributed by atoms with Crippen LogP contribution in [0.15, 0.2) is 30.3 Å². The van der Waals surface area contributed by atoms with Gasteiger partial charge in [-0.05, 0) is 24.6 Å². The smallest absolute Gasteiger partial charge is 0.226 e. The lowest BCUT2D eigenvalue weighted by molar-refractivity contribution is 0.200. The lowest BCUT2D eigenvalue weighted by Gasteiger charge is -2.39. The van der Waals surface area contributed by atoms with Crippen LogP contribution in [0.1, 0.15) is 18.5 Å². The Labute approximate surface area is 139 Å². The van der Waals surface area contributed by atoms with Gasteiger partial charge < -0.3 is 15.3 Å². The molecular formula is C16H18ClFN4O. The summed E-state index contributed by atoms with van der Waals surface area (Å²) in [7, 11) is 0. The Balaban J connectivity index is 1.72. The van der Waals surface area contributed by atoms with Crippen molar-refractivity contribution in [2.45, 2.75) is 13.0 Å². The number of rotatable bonds is 5. The topological polar surface area (TPSA) is 61.3 Å². The molecular weight excluding hydrogens is 319 g/mol. The Morgan fingerprint density at radius 2 is 2.04 bits per heavy atom. The van der Waals surface area contributed by atoms with Crippen molar-refractivity contribution in [3.05, 3.63) is 46.9 Å². The van der Waals surface area contributed by atoms with E-state index in [0.29, 0.717) is 17.0 Å². The molecule has 1 atom stereocenters. The average molecular weight is 337 g/mol. The predicted molar refractivity (Wildman–Crippen MR) is 88.3 cm³/mol. The number of halogens is 2. The van der Waals surface area contributed by atoms with E-state index in [9.17, 15) is 4.39 Å². The van der Waals surface area contributed by atoms with Gasteiger partial charge in [-0.2, -0.15) is 4.98 Å². The van der Waals surface area contributed by atoms with E-state index in [1.54, 1.807) is 18.2 Å². The molecule has 1 fully saturated rings. The van der Waals surface area contributed by atoms with Gasteiger partial charge in [0.15, 0.2) is 0 Å². The van der Waals surface area contributed by atoms with Crippen molar-refractivity contribution < 1.29 is 9.50 Å². The Morgan fingerprint density at radius 3 is 2.70 bits per heavy atom. The molecule has 1 saturated heterocycles. The van der Waals surface area contributed by atoms with E-state index in [2.05, 4.69) is 15.3 Å². The summed E-state index contributed by atoms with van der Waals surface area (Å²) in [6, 6.07) is 7.92. The first kappa shape index (κ1) is 16.0. The molecule has 2 aromatic rings. The lowest BCUT2D eigenvalue weighted by Crippen LogP contribution is -2.48. The van der Waals surface area contributed by atoms with Crippen LogP contribution in [-0.4, -0.2) is 34.8 Å². The summed E-state index contributed by atoms with van der Waals surface area (Å²) in [5, 5.41) is 12.6. The monoisotopic (exact) mass is 336 g/mol. The molecule has 1 aromatic heterocycles. The largest absolute Gasteiger partial charge is 0.396 e. The molecule has 0 saturated carbocycles. The molecule has 1 aromatic carbocycles. The maximum atomic E-state index is 13.0. The van der Waals surface area contributed by atoms with Crippen molar-refractivity contribution in [3.63, 3.8) is 0 Å². The van der Waals surface area contributed by atoms with Crippen LogP contribution in [0, 0.1) is 11.7 Å². The van der Waals surface area contributed by atoms with E-state index in [1.165, 1.54) is 12.1 Å². The molecule has 2 N–H and O–H groups in total. The first-order chi connectivity index (χ1) is 11.0. The Hall–Kier alpha value is -1.92. The fraction of sp³-hybridized carbons (Fsp3) is 0.375. The lowest BCUT2D eigenvalue weighted by atomic mass is 10.0. The second-order valence-electron chi connectivity index (χ2n) is 5.74. The second-order valence-corrected chi connectivity index (χ2v) is 6.13. The van der Waals surface area contributed by atoms with Crippen LogP contribution >= 0.6 is 11.6 Å². The molecule has 3 rings (SSSR count). The van der Waals surface area contributed by atoms with Crippen molar-refractivity contribution >= 4 is 23.4 Å². The zero-order chi connectivity index (χ0) is 16.4. The zero-order valence-corrected chi connectivity index (χ0v) is 13.5. The minimum atomic E-state index is -0.265. The summed E-state index contributed by atoms with van der Waals surface area (Å²) in [6.45, 7) is 3.65. The fourth-order valence-electron chi connectivity index (χ4n) is 2.53. The van der Waals surface area contributed by atoms with E-state index in [-0.39, 0.29) is 18.5 Å². The molecule has 122 valence electrons. The van der Waals surface area contributed by atoms with Gasteiger partial charge in [-0.25, -0.2) is 9.37 Å². The molecule has 5 nitrogen and oxygen atoms in total. The van der Waals surface area contributed by atoms with Crippen molar-refractivity contribution in [2.75, 3.05) is 29.9 Å². The summed E-state index contributed by atoms with van der Waals surface area (Å²) in [4.78, 5) is 10.7. The summed E-state index contributed by atoms with van der Waals surface area (Å²) < 4.78 is 13.0. The number of nitrogens with one attached hydrogen (secondary N) is 1. The van der Waals surface area contributed by atoms with Crippen LogP contribution in [0.5, 0.6) is 0 Å². The van der Waals surface area contributed by atoms with Crippen molar-refractivity contribution in [2.24, 2.45) is 5.92 Å². The summed E-state index contributed by atoms with van der Waals surface area (Å²) in [6.07, 6.45) is 0. The van der Waals surface area contributed by atoms with Gasteiger partial charge in [-0.1, -0.05) is 23.7 Å². The highest BCUT2D eigenvalue weighted by Gasteiger charge is 2.27. The average Bonchev–Trinajstić information content (AvgIpc) is 2.46. The van der Waals surface area contributed by atoms with E-state index < -0.39 is 0 Å². The van der Waals surface area contributed by atoms with Gasteiger partial charge in [0.05, 0.1) is 6.04 Å². The maximum absolute atomic E-state index is 13.0. The van der Waals surface area contributed by atoms with E-state index in [4.69, 9.17) is 16.7 Å². The minimum absolute atomic E-state index is 0.0801. The Bertz CT molecular complexity index is 676. The molecule has 7 heteroatoms. The van der Waals surface area contributed by atoms with Crippen molar-refractivity contribution in [3.8, 4) is 0 Å². The molecule has 0 aliphatic carbocycles. The van der Waals surface area contributed by atoms with E-state index in [0.717, 1.165) is 24.5 Å². The van der Waals surface area contributed by atoms with Gasteiger partial charge in [0, 0.05) is 31.7 Å². The number of aliphatic hydroxyl groups is 1. The number of aromatic nitrogens is 2. The third-order valence-electron chi connectivity index (χ3n) is 3.94. The van der Waals surface area contributed by atoms with Crippen LogP contribution in [-0.2, 0) is 0 Å². The van der Waals surface area contributed by atoms with Gasteiger partial charge in [-0.3, -0.25) is 0 Å². The highest BCUT2D eigenvalue weighted by Crippen LogP contribution is 2.26. The van der Waals surface area contributed by atoms with Crippen LogP contribution in [0.25, 0.3) is 0 Å². The van der Waals surface area contributed by atoms with Crippen LogP contribution in [0.2, 0.25) is 5.15 Å². The molecule has 0 spiro atoms. The van der Waals surface area contributed by atoms with E-state index >= 15 is 0 Å². The van der Waals surface area contributed by atoms with Gasteiger partial charge in [-0.15, -0.1) is 0 Å². The zero-order valence-electron chi connectivity index (χ0n) is 12.7. The Morgan fingerprint density at radius 1 is 1.35 bits per heavy atom. The fourth-order valence-corrected chi connectivity index (χ4v) is 2.71. The highest BCUT2D eigenvalue weighted by molar-refractivity contribution is 6.29. The number of benzene rings is 1. The first-order valence-corrected chi connectivity index (χ1v) is 7.85. The molecule has 1 aliphatic rings. The van der Waals surface area contributed by atoms with Crippen LogP contribution in [0.4, 0.5) is 16.2 Å². The van der Waals surface area contributed by atoms with E-state index in [1.807, 2.05) is 11.8 Å². The van der Waals surface area contributed by atoms with Crippen molar-refractivity contribution in [1.82, 2.24) is 9.97 Å². The molecule has 0 amide bonds. The summed E-state index contributed by atoms with van der Waals surface area (Å²) in [5.41, 5.74) is 0.931. The second kappa shape index (κ2) is 6.68. The Kier molecular flexibility index (Phi) is 4.63. The van der Waals surface area contributed by atoms with Crippen LogP contribution in [0.3, 0.4) is 0 Å². The number of nitrogens with zero attached hydrogens (tertiary/aromatic N) is 3. The normalized spacial score (nSPS) is 16.1. The number of anilines is 2. The highest BCUT2D eigenvalue weighted by atomic mass is 35.5. The molecule has 0 radical (unpaired) electrons. The standard InChI is InChI=1S/C16H18ClFN4O/c1-10(12-2-4-13(18)5-3-12)19-16-20-14(17)6-15(21-16)22-7-11(8-22)9-23/h2-6,10-11,23H,7-9H2,1H3,(H,19,20,21). The molecule has 2 heterocycles. The number of aliphatic hydroxyl groups excluding tert-OH is 1. The maximum Gasteiger partial charge on any atom is 0.226 e. The van der Waals surface area contributed by atoms with Gasteiger partial charge in [0.2, 0.25) is 5.95 Å². The summed E-state index contributed by atoms with van der Waals surface area (Å²) >= 11 is 6.08. The van der Waals surface area contributed by atoms with Crippen LogP contribution < -0.4 is 10.2 Å². The van der Waals surface area contributed by atoms with Gasteiger partial charge in [0.1, 0.15) is 16.8 Å². The third-order valence-corrected chi connectivity index (χ3v) is 4.13. The summed E-state index contributed by atoms with van der Waals surface area (Å²) in [5.74, 6) is 1.19. The molecule has 0 bridgehead atoms. The minimum Gasteiger partial charge on any atom is -0.396 e. The predicted octanol–water partition coefficient (Wildman–Crippen LogP) is 2.87. The number of hydrogen-bond acceptors (Lipinski definition) is 5.